The Morgan fingerprint density at radius 2 is 2.04 bits per heavy atom. The molecule has 25 heavy (non-hydrogen) atoms. The number of carbonyl (C=O) groups excluding carboxylic acids is 1. The summed E-state index contributed by atoms with van der Waals surface area (Å²) in [6.45, 7) is 2.12. The summed E-state index contributed by atoms with van der Waals surface area (Å²) >= 11 is 0. The molecule has 0 aliphatic heterocycles. The van der Waals surface area contributed by atoms with Crippen LogP contribution in [0.15, 0.2) is 23.8 Å². The van der Waals surface area contributed by atoms with E-state index in [9.17, 15) is 19.8 Å². The van der Waals surface area contributed by atoms with Gasteiger partial charge in [0, 0.05) is 18.8 Å². The number of unbranched alkanes of at least 4 members (excludes halogenated alkanes) is 3. The molecule has 5 heteroatoms. The lowest BCUT2D eigenvalue weighted by Gasteiger charge is -2.14. The third-order valence-corrected chi connectivity index (χ3v) is 4.65. The number of hydrogen-bond donors (Lipinski definition) is 3. The lowest BCUT2D eigenvalue weighted by atomic mass is 9.94. The van der Waals surface area contributed by atoms with E-state index in [0.29, 0.717) is 31.3 Å². The number of rotatable bonds is 12. The van der Waals surface area contributed by atoms with Crippen LogP contribution in [0.2, 0.25) is 0 Å². The Morgan fingerprint density at radius 3 is 2.72 bits per heavy atom. The number of aliphatic carboxylic acids is 1. The minimum atomic E-state index is -0.798. The van der Waals surface area contributed by atoms with Gasteiger partial charge in [-0.15, -0.1) is 0 Å². The van der Waals surface area contributed by atoms with Crippen LogP contribution in [-0.2, 0) is 9.59 Å². The monoisotopic (exact) mass is 352 g/mol. The Kier molecular flexibility index (Phi) is 10.3. The van der Waals surface area contributed by atoms with Crippen molar-refractivity contribution in [2.75, 3.05) is 0 Å². The maximum atomic E-state index is 12.1. The van der Waals surface area contributed by atoms with Crippen molar-refractivity contribution < 1.29 is 24.9 Å². The number of aliphatic hydroxyl groups is 2. The molecule has 0 spiro atoms. The highest BCUT2D eigenvalue weighted by atomic mass is 16.4. The molecule has 3 N–H and O–H groups in total. The molecular weight excluding hydrogens is 320 g/mol. The first-order valence-electron chi connectivity index (χ1n) is 9.41. The zero-order chi connectivity index (χ0) is 18.7. The summed E-state index contributed by atoms with van der Waals surface area (Å²) in [5.41, 5.74) is 0.636. The van der Waals surface area contributed by atoms with Gasteiger partial charge in [-0.25, -0.2) is 0 Å². The van der Waals surface area contributed by atoms with E-state index in [1.165, 1.54) is 0 Å². The molecule has 142 valence electrons. The Bertz CT molecular complexity index is 480. The number of allylic oxidation sites excluding steroid dienone is 2. The van der Waals surface area contributed by atoms with E-state index >= 15 is 0 Å². The topological polar surface area (TPSA) is 94.8 Å². The Hall–Kier alpha value is -1.46. The second-order valence-electron chi connectivity index (χ2n) is 6.84. The van der Waals surface area contributed by atoms with Crippen LogP contribution in [0.4, 0.5) is 0 Å². The van der Waals surface area contributed by atoms with Gasteiger partial charge in [-0.3, -0.25) is 9.59 Å². The summed E-state index contributed by atoms with van der Waals surface area (Å²) in [7, 11) is 0. The SMILES string of the molecule is CCCCC[C@H](O)C/C=C1/C(=O)C[C@@H](O)[C@@H]1C/C=C\CCCC(=O)O. The molecule has 1 fully saturated rings. The van der Waals surface area contributed by atoms with Gasteiger partial charge in [0.05, 0.1) is 12.2 Å². The third kappa shape index (κ3) is 8.45. The van der Waals surface area contributed by atoms with Crippen molar-refractivity contribution >= 4 is 11.8 Å². The lowest BCUT2D eigenvalue weighted by molar-refractivity contribution is -0.137. The number of Topliss-reactive ketones (excluding diaryl/α,β-unsaturated/α-hetero) is 1. The molecule has 1 aliphatic rings. The predicted molar refractivity (Wildman–Crippen MR) is 97.2 cm³/mol. The van der Waals surface area contributed by atoms with E-state index in [1.807, 2.05) is 12.2 Å². The van der Waals surface area contributed by atoms with E-state index in [2.05, 4.69) is 6.92 Å². The molecule has 3 atom stereocenters. The van der Waals surface area contributed by atoms with Crippen molar-refractivity contribution in [1.82, 2.24) is 0 Å². The second-order valence-corrected chi connectivity index (χ2v) is 6.84. The predicted octanol–water partition coefficient (Wildman–Crippen LogP) is 3.40. The van der Waals surface area contributed by atoms with Gasteiger partial charge in [-0.05, 0) is 37.7 Å². The van der Waals surface area contributed by atoms with Gasteiger partial charge in [0.25, 0.3) is 0 Å². The first-order chi connectivity index (χ1) is 12.0. The van der Waals surface area contributed by atoms with Gasteiger partial charge in [-0.1, -0.05) is 44.4 Å². The lowest BCUT2D eigenvalue weighted by Crippen LogP contribution is -2.14. The Labute approximate surface area is 150 Å². The number of hydrogen-bond acceptors (Lipinski definition) is 4. The van der Waals surface area contributed by atoms with Crippen molar-refractivity contribution in [3.05, 3.63) is 23.8 Å². The fraction of sp³-hybridized carbons (Fsp3) is 0.700. The summed E-state index contributed by atoms with van der Waals surface area (Å²) in [6, 6.07) is 0. The summed E-state index contributed by atoms with van der Waals surface area (Å²) in [5, 5.41) is 28.7. The van der Waals surface area contributed by atoms with Crippen LogP contribution in [0.1, 0.15) is 71.1 Å². The fourth-order valence-electron chi connectivity index (χ4n) is 3.16. The second kappa shape index (κ2) is 12.0. The molecule has 0 aromatic heterocycles. The van der Waals surface area contributed by atoms with Gasteiger partial charge >= 0.3 is 5.97 Å². The molecule has 1 rings (SSSR count). The molecule has 1 aliphatic carbocycles. The standard InChI is InChI=1S/C20H32O5/c1-2-3-6-9-15(21)12-13-17-16(18(22)14-19(17)23)10-7-4-5-8-11-20(24)25/h4,7,13,15-16,18,21-22H,2-3,5-6,8-12,14H2,1H3,(H,24,25)/b7-4-,17-13+/t15-,16+,18+/m0/s1. The molecule has 1 saturated carbocycles. The van der Waals surface area contributed by atoms with Crippen LogP contribution in [0.25, 0.3) is 0 Å². The van der Waals surface area contributed by atoms with E-state index < -0.39 is 18.2 Å². The quantitative estimate of drug-likeness (QED) is 0.284. The van der Waals surface area contributed by atoms with Crippen LogP contribution in [0, 0.1) is 5.92 Å². The molecule has 0 radical (unpaired) electrons. The van der Waals surface area contributed by atoms with Crippen molar-refractivity contribution in [3.63, 3.8) is 0 Å². The molecule has 5 nitrogen and oxygen atoms in total. The normalized spacial score (nSPS) is 23.6. The Balaban J connectivity index is 2.49. The molecule has 0 saturated heterocycles. The van der Waals surface area contributed by atoms with Gasteiger partial charge in [0.2, 0.25) is 0 Å². The highest BCUT2D eigenvalue weighted by Crippen LogP contribution is 2.32. The minimum Gasteiger partial charge on any atom is -0.481 e. The molecule has 0 aromatic carbocycles. The van der Waals surface area contributed by atoms with Crippen LogP contribution in [0.3, 0.4) is 0 Å². The fourth-order valence-corrected chi connectivity index (χ4v) is 3.16. The first kappa shape index (κ1) is 21.6. The average molecular weight is 352 g/mol. The van der Waals surface area contributed by atoms with Gasteiger partial charge in [0.15, 0.2) is 5.78 Å². The van der Waals surface area contributed by atoms with E-state index in [4.69, 9.17) is 5.11 Å². The van der Waals surface area contributed by atoms with Gasteiger partial charge < -0.3 is 15.3 Å². The van der Waals surface area contributed by atoms with Crippen molar-refractivity contribution in [2.24, 2.45) is 5.92 Å². The maximum absolute atomic E-state index is 12.1. The van der Waals surface area contributed by atoms with E-state index in [1.54, 1.807) is 6.08 Å². The number of carbonyl (C=O) groups is 2. The highest BCUT2D eigenvalue weighted by molar-refractivity contribution is 5.98. The number of carboxylic acid groups (broad SMARTS) is 1. The smallest absolute Gasteiger partial charge is 0.303 e. The number of carboxylic acids is 1. The summed E-state index contributed by atoms with van der Waals surface area (Å²) in [5.74, 6) is -1.04. The maximum Gasteiger partial charge on any atom is 0.303 e. The van der Waals surface area contributed by atoms with Crippen molar-refractivity contribution in [3.8, 4) is 0 Å². The average Bonchev–Trinajstić information content (AvgIpc) is 2.82. The van der Waals surface area contributed by atoms with Crippen molar-refractivity contribution in [2.45, 2.75) is 83.3 Å². The summed E-state index contributed by atoms with van der Waals surface area (Å²) in [6.07, 6.45) is 11.1. The summed E-state index contributed by atoms with van der Waals surface area (Å²) in [4.78, 5) is 22.5. The summed E-state index contributed by atoms with van der Waals surface area (Å²) < 4.78 is 0. The van der Waals surface area contributed by atoms with Crippen molar-refractivity contribution in [1.29, 1.82) is 0 Å². The van der Waals surface area contributed by atoms with Crippen LogP contribution < -0.4 is 0 Å². The zero-order valence-corrected chi connectivity index (χ0v) is 15.2. The largest absolute Gasteiger partial charge is 0.481 e. The van der Waals surface area contributed by atoms with Crippen LogP contribution >= 0.6 is 0 Å². The molecule has 0 bridgehead atoms. The molecular formula is C20H32O5. The van der Waals surface area contributed by atoms with Crippen LogP contribution in [-0.4, -0.2) is 39.3 Å². The number of aliphatic hydroxyl groups excluding tert-OH is 2. The zero-order valence-electron chi connectivity index (χ0n) is 15.2. The van der Waals surface area contributed by atoms with Gasteiger partial charge in [-0.2, -0.15) is 0 Å². The molecule has 0 amide bonds. The first-order valence-corrected chi connectivity index (χ1v) is 9.41. The third-order valence-electron chi connectivity index (χ3n) is 4.65. The molecule has 0 unspecified atom stereocenters. The molecule has 0 aromatic rings. The minimum absolute atomic E-state index is 0.0301. The Morgan fingerprint density at radius 1 is 1.28 bits per heavy atom. The highest BCUT2D eigenvalue weighted by Gasteiger charge is 2.35. The van der Waals surface area contributed by atoms with Gasteiger partial charge in [0.1, 0.15) is 0 Å². The number of ketones is 1. The van der Waals surface area contributed by atoms with E-state index in [0.717, 1.165) is 25.7 Å². The van der Waals surface area contributed by atoms with E-state index in [-0.39, 0.29) is 24.5 Å². The molecule has 0 heterocycles. The van der Waals surface area contributed by atoms with Crippen LogP contribution in [0.5, 0.6) is 0 Å².